The lowest BCUT2D eigenvalue weighted by Crippen LogP contribution is -2.09. The van der Waals surface area contributed by atoms with Crippen LogP contribution < -0.4 is 11.5 Å². The lowest BCUT2D eigenvalue weighted by Gasteiger charge is -2.02. The van der Waals surface area contributed by atoms with Gasteiger partial charge in [-0.3, -0.25) is 0 Å². The minimum atomic E-state index is -0.507. The van der Waals surface area contributed by atoms with E-state index < -0.39 is 5.97 Å². The third kappa shape index (κ3) is 4.28. The van der Waals surface area contributed by atoms with Gasteiger partial charge in [-0.2, -0.15) is 15.0 Å². The van der Waals surface area contributed by atoms with Gasteiger partial charge in [0.25, 0.3) is 0 Å². The Kier molecular flexibility index (Phi) is 4.64. The number of nitrogen functional groups attached to an aromatic ring is 2. The van der Waals surface area contributed by atoms with Gasteiger partial charge in [-0.15, -0.1) is 11.3 Å². The first kappa shape index (κ1) is 14.4. The Labute approximate surface area is 126 Å². The Bertz CT molecular complexity index is 638. The van der Waals surface area contributed by atoms with Gasteiger partial charge in [0, 0.05) is 11.0 Å². The number of hydrogen-bond donors (Lipinski definition) is 2. The van der Waals surface area contributed by atoms with Gasteiger partial charge in [-0.1, -0.05) is 0 Å². The van der Waals surface area contributed by atoms with Crippen LogP contribution in [-0.2, 0) is 16.1 Å². The molecule has 2 aromatic heterocycles. The summed E-state index contributed by atoms with van der Waals surface area (Å²) in [5.74, 6) is -0.326. The average molecular weight is 356 g/mol. The second-order valence-electron chi connectivity index (χ2n) is 3.55. The van der Waals surface area contributed by atoms with E-state index in [2.05, 4.69) is 30.9 Å². The molecule has 0 spiro atoms. The van der Waals surface area contributed by atoms with Crippen molar-refractivity contribution >= 4 is 51.2 Å². The number of carbonyl (C=O) groups excluding carboxylic acids is 1. The Balaban J connectivity index is 1.90. The summed E-state index contributed by atoms with van der Waals surface area (Å²) in [6.45, 7) is -0.117. The average Bonchev–Trinajstić information content (AvgIpc) is 2.79. The van der Waals surface area contributed by atoms with Crippen molar-refractivity contribution < 1.29 is 9.53 Å². The van der Waals surface area contributed by atoms with Gasteiger partial charge in [-0.05, 0) is 34.1 Å². The number of nitrogens with two attached hydrogens (primary N) is 2. The van der Waals surface area contributed by atoms with Crippen LogP contribution in [0.1, 0.15) is 10.7 Å². The summed E-state index contributed by atoms with van der Waals surface area (Å²) < 4.78 is 5.96. The van der Waals surface area contributed by atoms with Gasteiger partial charge < -0.3 is 16.2 Å². The minimum Gasteiger partial charge on any atom is -0.454 e. The molecule has 0 radical (unpaired) electrons. The van der Waals surface area contributed by atoms with E-state index in [0.29, 0.717) is 0 Å². The number of thiophene rings is 1. The van der Waals surface area contributed by atoms with Crippen LogP contribution in [0.25, 0.3) is 6.08 Å². The number of nitrogens with zero attached hydrogens (tertiary/aromatic N) is 3. The van der Waals surface area contributed by atoms with E-state index >= 15 is 0 Å². The number of esters is 1. The first-order valence-corrected chi connectivity index (χ1v) is 7.00. The molecule has 104 valence electrons. The molecular weight excluding hydrogens is 346 g/mol. The summed E-state index contributed by atoms with van der Waals surface area (Å²) in [6, 6.07) is 3.78. The van der Waals surface area contributed by atoms with E-state index in [4.69, 9.17) is 16.2 Å². The number of hydrogen-bond acceptors (Lipinski definition) is 8. The lowest BCUT2D eigenvalue weighted by atomic mass is 10.4. The van der Waals surface area contributed by atoms with Crippen LogP contribution in [0.3, 0.4) is 0 Å². The van der Waals surface area contributed by atoms with Crippen LogP contribution in [0.2, 0.25) is 0 Å². The normalized spacial score (nSPS) is 10.8. The third-order valence-electron chi connectivity index (χ3n) is 2.04. The highest BCUT2D eigenvalue weighted by atomic mass is 79.9. The molecule has 2 aromatic rings. The van der Waals surface area contributed by atoms with Crippen molar-refractivity contribution in [2.45, 2.75) is 6.61 Å². The highest BCUT2D eigenvalue weighted by Gasteiger charge is 2.05. The van der Waals surface area contributed by atoms with Crippen molar-refractivity contribution in [3.63, 3.8) is 0 Å². The molecule has 7 nitrogen and oxygen atoms in total. The standard InChI is InChI=1S/C11H10BrN5O2S/c12-7-3-1-6(20-7)2-4-9(18)19-5-8-15-10(13)17-11(14)16-8/h1-4H,5H2,(H4,13,14,15,16,17)/b4-2+. The van der Waals surface area contributed by atoms with E-state index in [1.54, 1.807) is 6.08 Å². The fourth-order valence-corrected chi connectivity index (χ4v) is 2.60. The first-order chi connectivity index (χ1) is 9.52. The SMILES string of the molecule is Nc1nc(N)nc(COC(=O)/C=C/c2ccc(Br)s2)n1. The predicted molar refractivity (Wildman–Crippen MR) is 79.5 cm³/mol. The van der Waals surface area contributed by atoms with Gasteiger partial charge >= 0.3 is 5.97 Å². The zero-order chi connectivity index (χ0) is 14.5. The second-order valence-corrected chi connectivity index (χ2v) is 6.05. The van der Waals surface area contributed by atoms with Crippen LogP contribution in [-0.4, -0.2) is 20.9 Å². The Morgan fingerprint density at radius 1 is 1.30 bits per heavy atom. The summed E-state index contributed by atoms with van der Waals surface area (Å²) in [4.78, 5) is 23.7. The second kappa shape index (κ2) is 6.44. The molecule has 2 heterocycles. The van der Waals surface area contributed by atoms with Crippen molar-refractivity contribution in [2.24, 2.45) is 0 Å². The van der Waals surface area contributed by atoms with E-state index in [1.807, 2.05) is 12.1 Å². The molecule has 0 amide bonds. The van der Waals surface area contributed by atoms with Crippen molar-refractivity contribution in [1.82, 2.24) is 15.0 Å². The monoisotopic (exact) mass is 355 g/mol. The summed E-state index contributed by atoms with van der Waals surface area (Å²) in [7, 11) is 0. The summed E-state index contributed by atoms with van der Waals surface area (Å²) in [6.07, 6.45) is 2.99. The number of anilines is 2. The molecule has 4 N–H and O–H groups in total. The summed E-state index contributed by atoms with van der Waals surface area (Å²) in [5.41, 5.74) is 10.8. The molecular formula is C11H10BrN5O2S. The van der Waals surface area contributed by atoms with Crippen LogP contribution in [0.5, 0.6) is 0 Å². The van der Waals surface area contributed by atoms with Crippen LogP contribution in [0.4, 0.5) is 11.9 Å². The Hall–Kier alpha value is -2.00. The molecule has 2 rings (SSSR count). The van der Waals surface area contributed by atoms with Crippen LogP contribution in [0, 0.1) is 0 Å². The molecule has 0 aliphatic heterocycles. The van der Waals surface area contributed by atoms with Gasteiger partial charge in [-0.25, -0.2) is 4.79 Å². The predicted octanol–water partition coefficient (Wildman–Crippen LogP) is 1.62. The highest BCUT2D eigenvalue weighted by molar-refractivity contribution is 9.11. The van der Waals surface area contributed by atoms with E-state index in [9.17, 15) is 4.79 Å². The molecule has 0 aliphatic rings. The van der Waals surface area contributed by atoms with Crippen molar-refractivity contribution in [2.75, 3.05) is 11.5 Å². The number of carbonyl (C=O) groups is 1. The molecule has 0 atom stereocenters. The number of rotatable bonds is 4. The van der Waals surface area contributed by atoms with E-state index in [1.165, 1.54) is 17.4 Å². The summed E-state index contributed by atoms with van der Waals surface area (Å²) in [5, 5.41) is 0. The molecule has 0 aromatic carbocycles. The molecule has 0 fully saturated rings. The minimum absolute atomic E-state index is 0.0115. The van der Waals surface area contributed by atoms with Gasteiger partial charge in [0.1, 0.15) is 0 Å². The van der Waals surface area contributed by atoms with E-state index in [-0.39, 0.29) is 24.3 Å². The molecule has 0 bridgehead atoms. The van der Waals surface area contributed by atoms with E-state index in [0.717, 1.165) is 8.66 Å². The maximum atomic E-state index is 11.5. The zero-order valence-electron chi connectivity index (χ0n) is 10.1. The quantitative estimate of drug-likeness (QED) is 0.631. The zero-order valence-corrected chi connectivity index (χ0v) is 12.5. The van der Waals surface area contributed by atoms with Gasteiger partial charge in [0.2, 0.25) is 11.9 Å². The third-order valence-corrected chi connectivity index (χ3v) is 3.63. The van der Waals surface area contributed by atoms with Crippen LogP contribution in [0.15, 0.2) is 22.0 Å². The highest BCUT2D eigenvalue weighted by Crippen LogP contribution is 2.22. The maximum Gasteiger partial charge on any atom is 0.331 e. The summed E-state index contributed by atoms with van der Waals surface area (Å²) >= 11 is 4.84. The fraction of sp³-hybridized carbons (Fsp3) is 0.0909. The van der Waals surface area contributed by atoms with Gasteiger partial charge in [0.15, 0.2) is 12.4 Å². The Morgan fingerprint density at radius 2 is 2.00 bits per heavy atom. The number of halogens is 1. The molecule has 20 heavy (non-hydrogen) atoms. The molecule has 0 saturated heterocycles. The molecule has 0 aliphatic carbocycles. The molecule has 0 unspecified atom stereocenters. The number of ether oxygens (including phenoxy) is 1. The van der Waals surface area contributed by atoms with Crippen molar-refractivity contribution in [3.8, 4) is 0 Å². The van der Waals surface area contributed by atoms with Crippen molar-refractivity contribution in [1.29, 1.82) is 0 Å². The molecule has 0 saturated carbocycles. The number of aromatic nitrogens is 3. The largest absolute Gasteiger partial charge is 0.454 e. The fourth-order valence-electron chi connectivity index (χ4n) is 1.27. The first-order valence-electron chi connectivity index (χ1n) is 5.39. The smallest absolute Gasteiger partial charge is 0.331 e. The maximum absolute atomic E-state index is 11.5. The van der Waals surface area contributed by atoms with Crippen molar-refractivity contribution in [3.05, 3.63) is 32.7 Å². The van der Waals surface area contributed by atoms with Gasteiger partial charge in [0.05, 0.1) is 3.79 Å². The lowest BCUT2D eigenvalue weighted by molar-refractivity contribution is -0.139. The Morgan fingerprint density at radius 3 is 2.60 bits per heavy atom. The van der Waals surface area contributed by atoms with Crippen LogP contribution >= 0.6 is 27.3 Å². The molecule has 9 heteroatoms. The topological polar surface area (TPSA) is 117 Å².